The van der Waals surface area contributed by atoms with Crippen LogP contribution in [0.1, 0.15) is 21.7 Å². The predicted molar refractivity (Wildman–Crippen MR) is 104 cm³/mol. The van der Waals surface area contributed by atoms with Gasteiger partial charge in [0.1, 0.15) is 5.75 Å². The number of furan rings is 1. The topological polar surface area (TPSA) is 89.3 Å². The molecule has 0 atom stereocenters. The summed E-state index contributed by atoms with van der Waals surface area (Å²) in [6, 6.07) is 8.81. The molecule has 2 heterocycles. The summed E-state index contributed by atoms with van der Waals surface area (Å²) in [7, 11) is 0. The number of nitrogens with zero attached hydrogens (tertiary/aromatic N) is 2. The van der Waals surface area contributed by atoms with Gasteiger partial charge < -0.3 is 23.7 Å². The normalized spacial score (nSPS) is 13.9. The van der Waals surface area contributed by atoms with Gasteiger partial charge in [-0.1, -0.05) is 6.07 Å². The smallest absolute Gasteiger partial charge is 0.344 e. The van der Waals surface area contributed by atoms with E-state index in [4.69, 9.17) is 13.9 Å². The van der Waals surface area contributed by atoms with Gasteiger partial charge in [0.05, 0.1) is 6.26 Å². The Bertz CT molecular complexity index is 869. The van der Waals surface area contributed by atoms with Crippen LogP contribution in [-0.4, -0.2) is 67.0 Å². The van der Waals surface area contributed by atoms with Crippen molar-refractivity contribution in [3.8, 4) is 5.75 Å². The number of ether oxygens (including phenoxy) is 2. The third-order valence-corrected chi connectivity index (χ3v) is 4.84. The minimum absolute atomic E-state index is 0.197. The van der Waals surface area contributed by atoms with Crippen molar-refractivity contribution < 1.29 is 28.3 Å². The zero-order valence-electron chi connectivity index (χ0n) is 16.6. The SMILES string of the molecule is Cc1ccc(OCC(=O)OCC(=O)N2CCN(C(=O)c3ccco3)CC2)cc1C. The van der Waals surface area contributed by atoms with Crippen molar-refractivity contribution in [3.05, 3.63) is 53.5 Å². The summed E-state index contributed by atoms with van der Waals surface area (Å²) < 4.78 is 15.5. The van der Waals surface area contributed by atoms with Crippen LogP contribution in [0.5, 0.6) is 5.75 Å². The highest BCUT2D eigenvalue weighted by Crippen LogP contribution is 2.16. The number of rotatable bonds is 6. The third-order valence-electron chi connectivity index (χ3n) is 4.84. The van der Waals surface area contributed by atoms with E-state index in [9.17, 15) is 14.4 Å². The molecule has 0 radical (unpaired) electrons. The second-order valence-electron chi connectivity index (χ2n) is 6.85. The number of carbonyl (C=O) groups is 3. The molecular weight excluding hydrogens is 376 g/mol. The van der Waals surface area contributed by atoms with Gasteiger partial charge in [0.15, 0.2) is 19.0 Å². The van der Waals surface area contributed by atoms with Gasteiger partial charge in [0, 0.05) is 26.2 Å². The third kappa shape index (κ3) is 5.37. The summed E-state index contributed by atoms with van der Waals surface area (Å²) in [6.45, 7) is 4.89. The second kappa shape index (κ2) is 9.27. The monoisotopic (exact) mass is 400 g/mol. The molecule has 1 aliphatic rings. The van der Waals surface area contributed by atoms with Gasteiger partial charge in [-0.2, -0.15) is 0 Å². The van der Waals surface area contributed by atoms with Gasteiger partial charge >= 0.3 is 5.97 Å². The zero-order chi connectivity index (χ0) is 20.8. The standard InChI is InChI=1S/C21H24N2O6/c1-15-5-6-17(12-16(15)2)28-14-20(25)29-13-19(24)22-7-9-23(10-8-22)21(26)18-4-3-11-27-18/h3-6,11-12H,7-10,13-14H2,1-2H3. The number of hydrogen-bond donors (Lipinski definition) is 0. The van der Waals surface area contributed by atoms with E-state index in [1.165, 1.54) is 6.26 Å². The molecule has 8 heteroatoms. The molecule has 0 spiro atoms. The number of aryl methyl sites for hydroxylation is 2. The van der Waals surface area contributed by atoms with Crippen LogP contribution in [0.25, 0.3) is 0 Å². The molecule has 0 saturated carbocycles. The maximum atomic E-state index is 12.3. The molecule has 29 heavy (non-hydrogen) atoms. The van der Waals surface area contributed by atoms with E-state index in [1.807, 2.05) is 26.0 Å². The minimum atomic E-state index is -0.608. The molecule has 0 bridgehead atoms. The molecule has 2 amide bonds. The van der Waals surface area contributed by atoms with Gasteiger partial charge in [0.25, 0.3) is 11.8 Å². The first-order valence-electron chi connectivity index (χ1n) is 9.40. The van der Waals surface area contributed by atoms with Crippen molar-refractivity contribution in [2.24, 2.45) is 0 Å². The first-order valence-corrected chi connectivity index (χ1v) is 9.40. The number of hydrogen-bond acceptors (Lipinski definition) is 6. The number of piperazine rings is 1. The van der Waals surface area contributed by atoms with Gasteiger partial charge in [0.2, 0.25) is 0 Å². The highest BCUT2D eigenvalue weighted by molar-refractivity contribution is 5.91. The molecule has 1 aromatic carbocycles. The average Bonchev–Trinajstić information content (AvgIpc) is 3.27. The Kier molecular flexibility index (Phi) is 6.54. The molecule has 3 rings (SSSR count). The van der Waals surface area contributed by atoms with Crippen LogP contribution in [0, 0.1) is 13.8 Å². The van der Waals surface area contributed by atoms with Gasteiger partial charge in [-0.3, -0.25) is 9.59 Å². The van der Waals surface area contributed by atoms with E-state index < -0.39 is 5.97 Å². The summed E-state index contributed by atoms with van der Waals surface area (Å²) in [5.74, 6) is -0.244. The molecule has 0 aliphatic carbocycles. The van der Waals surface area contributed by atoms with E-state index in [0.29, 0.717) is 31.9 Å². The summed E-state index contributed by atoms with van der Waals surface area (Å²) in [6.07, 6.45) is 1.45. The van der Waals surface area contributed by atoms with Crippen LogP contribution < -0.4 is 4.74 Å². The lowest BCUT2D eigenvalue weighted by Crippen LogP contribution is -2.51. The molecule has 1 aromatic heterocycles. The zero-order valence-corrected chi connectivity index (χ0v) is 16.6. The Hall–Kier alpha value is -3.29. The largest absolute Gasteiger partial charge is 0.482 e. The van der Waals surface area contributed by atoms with E-state index in [-0.39, 0.29) is 30.8 Å². The first-order chi connectivity index (χ1) is 13.9. The highest BCUT2D eigenvalue weighted by atomic mass is 16.6. The van der Waals surface area contributed by atoms with E-state index >= 15 is 0 Å². The fourth-order valence-corrected chi connectivity index (χ4v) is 2.94. The van der Waals surface area contributed by atoms with Crippen LogP contribution in [-0.2, 0) is 14.3 Å². The van der Waals surface area contributed by atoms with Gasteiger partial charge in [-0.15, -0.1) is 0 Å². The molecular formula is C21H24N2O6. The molecule has 2 aromatic rings. The second-order valence-corrected chi connectivity index (χ2v) is 6.85. The van der Waals surface area contributed by atoms with Crippen LogP contribution in [0.3, 0.4) is 0 Å². The quantitative estimate of drug-likeness (QED) is 0.687. The van der Waals surface area contributed by atoms with Crippen LogP contribution in [0.2, 0.25) is 0 Å². The molecule has 0 N–H and O–H groups in total. The van der Waals surface area contributed by atoms with Crippen molar-refractivity contribution >= 4 is 17.8 Å². The van der Waals surface area contributed by atoms with E-state index in [0.717, 1.165) is 11.1 Å². The van der Waals surface area contributed by atoms with Gasteiger partial charge in [-0.25, -0.2) is 4.79 Å². The molecule has 1 saturated heterocycles. The Morgan fingerprint density at radius 1 is 0.966 bits per heavy atom. The molecule has 1 fully saturated rings. The lowest BCUT2D eigenvalue weighted by atomic mass is 10.1. The van der Waals surface area contributed by atoms with Crippen molar-refractivity contribution in [1.29, 1.82) is 0 Å². The van der Waals surface area contributed by atoms with Crippen LogP contribution in [0.4, 0.5) is 0 Å². The Morgan fingerprint density at radius 2 is 1.69 bits per heavy atom. The molecule has 8 nitrogen and oxygen atoms in total. The molecule has 0 unspecified atom stereocenters. The van der Waals surface area contributed by atoms with E-state index in [1.54, 1.807) is 28.0 Å². The number of carbonyl (C=O) groups excluding carboxylic acids is 3. The fourth-order valence-electron chi connectivity index (χ4n) is 2.94. The van der Waals surface area contributed by atoms with Crippen molar-refractivity contribution in [1.82, 2.24) is 9.80 Å². The maximum absolute atomic E-state index is 12.3. The maximum Gasteiger partial charge on any atom is 0.344 e. The highest BCUT2D eigenvalue weighted by Gasteiger charge is 2.26. The lowest BCUT2D eigenvalue weighted by Gasteiger charge is -2.34. The number of benzene rings is 1. The Labute approximate surface area is 169 Å². The predicted octanol–water partition coefficient (Wildman–Crippen LogP) is 1.80. The average molecular weight is 400 g/mol. The van der Waals surface area contributed by atoms with Crippen molar-refractivity contribution in [2.45, 2.75) is 13.8 Å². The van der Waals surface area contributed by atoms with Crippen molar-refractivity contribution in [2.75, 3.05) is 39.4 Å². The summed E-state index contributed by atoms with van der Waals surface area (Å²) in [4.78, 5) is 39.5. The van der Waals surface area contributed by atoms with Crippen LogP contribution >= 0.6 is 0 Å². The first kappa shape index (κ1) is 20.4. The Morgan fingerprint density at radius 3 is 2.34 bits per heavy atom. The number of esters is 1. The number of amides is 2. The summed E-state index contributed by atoms with van der Waals surface area (Å²) in [5.41, 5.74) is 2.20. The fraction of sp³-hybridized carbons (Fsp3) is 0.381. The lowest BCUT2D eigenvalue weighted by molar-refractivity contribution is -0.154. The summed E-state index contributed by atoms with van der Waals surface area (Å²) >= 11 is 0. The van der Waals surface area contributed by atoms with Crippen LogP contribution in [0.15, 0.2) is 41.0 Å². The minimum Gasteiger partial charge on any atom is -0.482 e. The summed E-state index contributed by atoms with van der Waals surface area (Å²) in [5, 5.41) is 0. The molecule has 1 aliphatic heterocycles. The van der Waals surface area contributed by atoms with E-state index in [2.05, 4.69) is 0 Å². The van der Waals surface area contributed by atoms with Crippen molar-refractivity contribution in [3.63, 3.8) is 0 Å². The van der Waals surface area contributed by atoms with Gasteiger partial charge in [-0.05, 0) is 49.2 Å². The Balaban J connectivity index is 1.37. The molecule has 154 valence electrons.